The van der Waals surface area contributed by atoms with Gasteiger partial charge in [0.05, 0.1) is 31.3 Å². The molecular formula is C30H30F2N4O. The molecule has 1 saturated heterocycles. The topological polar surface area (TPSA) is 48.8 Å². The number of carbonyl (C=O) groups excluding carboxylic acids is 1. The highest BCUT2D eigenvalue weighted by atomic mass is 19.3. The SMILES string of the molecule is Cc1cc(C2=NCc3cc4c(cc32)CN([C@@H]2CN(CC(F)F)C[C@H]2c2ccccc2)C(=O)C4)cc(C)n1. The second-order valence-electron chi connectivity index (χ2n) is 10.5. The van der Waals surface area contributed by atoms with Crippen molar-refractivity contribution in [3.8, 4) is 0 Å². The molecule has 1 amide bonds. The van der Waals surface area contributed by atoms with Crippen molar-refractivity contribution in [2.24, 2.45) is 4.99 Å². The normalized spacial score (nSPS) is 21.4. The summed E-state index contributed by atoms with van der Waals surface area (Å²) in [5, 5.41) is 0. The van der Waals surface area contributed by atoms with E-state index in [1.54, 1.807) is 4.90 Å². The lowest BCUT2D eigenvalue weighted by molar-refractivity contribution is -0.134. The number of aliphatic imine (C=N–C) groups is 1. The van der Waals surface area contributed by atoms with E-state index in [2.05, 4.69) is 29.2 Å². The summed E-state index contributed by atoms with van der Waals surface area (Å²) in [7, 11) is 0. The van der Waals surface area contributed by atoms with E-state index in [0.29, 0.717) is 32.6 Å². The van der Waals surface area contributed by atoms with Crippen molar-refractivity contribution in [2.45, 2.75) is 51.7 Å². The molecule has 0 spiro atoms. The van der Waals surface area contributed by atoms with Crippen LogP contribution < -0.4 is 0 Å². The third kappa shape index (κ3) is 4.57. The Hall–Kier alpha value is -3.45. The summed E-state index contributed by atoms with van der Waals surface area (Å²) in [4.78, 5) is 26.5. The summed E-state index contributed by atoms with van der Waals surface area (Å²) in [6, 6.07) is 18.3. The fourth-order valence-electron chi connectivity index (χ4n) is 6.26. The Bertz CT molecular complexity index is 1370. The molecule has 7 heteroatoms. The van der Waals surface area contributed by atoms with Gasteiger partial charge in [-0.2, -0.15) is 0 Å². The van der Waals surface area contributed by atoms with Gasteiger partial charge in [-0.05, 0) is 54.3 Å². The molecule has 3 aliphatic rings. The predicted octanol–water partition coefficient (Wildman–Crippen LogP) is 4.67. The van der Waals surface area contributed by atoms with Crippen molar-refractivity contribution < 1.29 is 13.6 Å². The van der Waals surface area contributed by atoms with Crippen LogP contribution in [0.2, 0.25) is 0 Å². The molecule has 0 saturated carbocycles. The molecule has 2 aromatic carbocycles. The number of hydrogen-bond donors (Lipinski definition) is 0. The molecule has 0 unspecified atom stereocenters. The number of likely N-dealkylation sites (tertiary alicyclic amines) is 1. The minimum atomic E-state index is -2.39. The Kier molecular flexibility index (Phi) is 6.11. The smallest absolute Gasteiger partial charge is 0.251 e. The molecule has 190 valence electrons. The molecule has 37 heavy (non-hydrogen) atoms. The highest BCUT2D eigenvalue weighted by Crippen LogP contribution is 2.36. The second-order valence-corrected chi connectivity index (χ2v) is 10.5. The highest BCUT2D eigenvalue weighted by molar-refractivity contribution is 6.15. The Balaban J connectivity index is 1.32. The van der Waals surface area contributed by atoms with Crippen LogP contribution in [0.4, 0.5) is 8.78 Å². The average molecular weight is 501 g/mol. The molecule has 6 rings (SSSR count). The number of aryl methyl sites for hydroxylation is 2. The van der Waals surface area contributed by atoms with Crippen molar-refractivity contribution >= 4 is 11.6 Å². The lowest BCUT2D eigenvalue weighted by Crippen LogP contribution is -2.47. The van der Waals surface area contributed by atoms with E-state index >= 15 is 0 Å². The summed E-state index contributed by atoms with van der Waals surface area (Å²) in [5.74, 6) is 0.0663. The number of halogens is 2. The van der Waals surface area contributed by atoms with Gasteiger partial charge in [-0.15, -0.1) is 0 Å². The largest absolute Gasteiger partial charge is 0.333 e. The van der Waals surface area contributed by atoms with Gasteiger partial charge in [0.15, 0.2) is 0 Å². The van der Waals surface area contributed by atoms with Crippen LogP contribution in [0.1, 0.15) is 50.7 Å². The second kappa shape index (κ2) is 9.45. The van der Waals surface area contributed by atoms with Crippen molar-refractivity contribution in [1.82, 2.24) is 14.8 Å². The number of hydrogen-bond acceptors (Lipinski definition) is 4. The van der Waals surface area contributed by atoms with E-state index in [9.17, 15) is 13.6 Å². The first-order chi connectivity index (χ1) is 17.9. The van der Waals surface area contributed by atoms with Crippen LogP contribution in [0.25, 0.3) is 0 Å². The Morgan fingerprint density at radius 1 is 0.973 bits per heavy atom. The first kappa shape index (κ1) is 23.9. The number of fused-ring (bicyclic) bond motifs is 2. The molecule has 4 heterocycles. The van der Waals surface area contributed by atoms with E-state index in [1.165, 1.54) is 0 Å². The van der Waals surface area contributed by atoms with Gasteiger partial charge in [-0.3, -0.25) is 19.7 Å². The first-order valence-corrected chi connectivity index (χ1v) is 12.9. The number of pyridine rings is 1. The van der Waals surface area contributed by atoms with Crippen LogP contribution >= 0.6 is 0 Å². The molecule has 1 aromatic heterocycles. The summed E-state index contributed by atoms with van der Waals surface area (Å²) in [6.07, 6.45) is -2.06. The van der Waals surface area contributed by atoms with Gasteiger partial charge in [0, 0.05) is 48.1 Å². The van der Waals surface area contributed by atoms with Crippen LogP contribution in [-0.4, -0.2) is 58.5 Å². The zero-order valence-corrected chi connectivity index (χ0v) is 21.1. The van der Waals surface area contributed by atoms with E-state index < -0.39 is 6.43 Å². The molecule has 2 atom stereocenters. The number of alkyl halides is 2. The first-order valence-electron chi connectivity index (χ1n) is 12.9. The number of amides is 1. The molecular weight excluding hydrogens is 470 g/mol. The van der Waals surface area contributed by atoms with Crippen molar-refractivity contribution in [3.63, 3.8) is 0 Å². The molecule has 0 bridgehead atoms. The van der Waals surface area contributed by atoms with Gasteiger partial charge in [0.2, 0.25) is 5.91 Å². The number of nitrogens with zero attached hydrogens (tertiary/aromatic N) is 4. The molecule has 0 N–H and O–H groups in total. The number of carbonyl (C=O) groups is 1. The third-order valence-corrected chi connectivity index (χ3v) is 7.83. The van der Waals surface area contributed by atoms with Crippen molar-refractivity contribution in [3.05, 3.63) is 99.4 Å². The number of rotatable bonds is 5. The van der Waals surface area contributed by atoms with Crippen molar-refractivity contribution in [2.75, 3.05) is 19.6 Å². The van der Waals surface area contributed by atoms with Crippen molar-refractivity contribution in [1.29, 1.82) is 0 Å². The fraction of sp³-hybridized carbons (Fsp3) is 0.367. The van der Waals surface area contributed by atoms with Gasteiger partial charge in [-0.1, -0.05) is 36.4 Å². The minimum Gasteiger partial charge on any atom is -0.333 e. The molecule has 0 radical (unpaired) electrons. The summed E-state index contributed by atoms with van der Waals surface area (Å²) in [5.41, 5.74) is 9.49. The fourth-order valence-corrected chi connectivity index (χ4v) is 6.26. The Labute approximate surface area is 215 Å². The Morgan fingerprint density at radius 2 is 1.73 bits per heavy atom. The van der Waals surface area contributed by atoms with Crippen LogP contribution in [-0.2, 0) is 24.3 Å². The summed E-state index contributed by atoms with van der Waals surface area (Å²) < 4.78 is 26.6. The monoisotopic (exact) mass is 500 g/mol. The van der Waals surface area contributed by atoms with E-state index in [1.807, 2.05) is 49.1 Å². The zero-order valence-electron chi connectivity index (χ0n) is 21.1. The van der Waals surface area contributed by atoms with Crippen LogP contribution in [0, 0.1) is 13.8 Å². The Morgan fingerprint density at radius 3 is 2.46 bits per heavy atom. The minimum absolute atomic E-state index is 0.000213. The number of benzene rings is 2. The zero-order chi connectivity index (χ0) is 25.7. The summed E-state index contributed by atoms with van der Waals surface area (Å²) >= 11 is 0. The molecule has 1 fully saturated rings. The van der Waals surface area contributed by atoms with Gasteiger partial charge in [0.1, 0.15) is 0 Å². The number of aromatic nitrogens is 1. The maximum absolute atomic E-state index is 13.4. The maximum atomic E-state index is 13.4. The van der Waals surface area contributed by atoms with Crippen LogP contribution in [0.3, 0.4) is 0 Å². The average Bonchev–Trinajstić information content (AvgIpc) is 3.45. The van der Waals surface area contributed by atoms with Gasteiger partial charge < -0.3 is 4.90 Å². The van der Waals surface area contributed by atoms with E-state index in [-0.39, 0.29) is 24.4 Å². The lowest BCUT2D eigenvalue weighted by Gasteiger charge is -2.37. The third-order valence-electron chi connectivity index (χ3n) is 7.83. The quantitative estimate of drug-likeness (QED) is 0.512. The predicted molar refractivity (Wildman–Crippen MR) is 139 cm³/mol. The highest BCUT2D eigenvalue weighted by Gasteiger charge is 2.41. The van der Waals surface area contributed by atoms with Gasteiger partial charge in [0.25, 0.3) is 6.43 Å². The standard InChI is InChI=1S/C30H30F2N4O/c1-18-8-22(9-19(2)34-18)30-25-11-24-14-36(29(37)12-21(24)10-23(25)13-33-30)27-16-35(17-28(31)32)15-26(27)20-6-4-3-5-7-20/h3-11,26-28H,12-17H2,1-2H3/t26-,27+/m0/s1. The van der Waals surface area contributed by atoms with Crippen LogP contribution in [0.5, 0.6) is 0 Å². The van der Waals surface area contributed by atoms with Crippen LogP contribution in [0.15, 0.2) is 59.6 Å². The molecule has 3 aromatic rings. The molecule has 3 aliphatic heterocycles. The summed E-state index contributed by atoms with van der Waals surface area (Å²) in [6.45, 7) is 5.79. The van der Waals surface area contributed by atoms with Gasteiger partial charge in [-0.25, -0.2) is 8.78 Å². The van der Waals surface area contributed by atoms with Gasteiger partial charge >= 0.3 is 0 Å². The maximum Gasteiger partial charge on any atom is 0.251 e. The van der Waals surface area contributed by atoms with E-state index in [0.717, 1.165) is 50.5 Å². The molecule has 0 aliphatic carbocycles. The molecule has 5 nitrogen and oxygen atoms in total. The van der Waals surface area contributed by atoms with E-state index in [4.69, 9.17) is 4.99 Å². The lowest BCUT2D eigenvalue weighted by atomic mass is 9.88.